The summed E-state index contributed by atoms with van der Waals surface area (Å²) in [4.78, 5) is 14.4. The minimum atomic E-state index is -4.54. The Kier molecular flexibility index (Phi) is 4.17. The van der Waals surface area contributed by atoms with Gasteiger partial charge in [-0.1, -0.05) is 6.07 Å². The highest BCUT2D eigenvalue weighted by Crippen LogP contribution is 2.29. The van der Waals surface area contributed by atoms with Crippen LogP contribution in [0.5, 0.6) is 0 Å². The maximum absolute atomic E-state index is 12.6. The molecule has 1 heterocycles. The van der Waals surface area contributed by atoms with E-state index in [9.17, 15) is 18.0 Å². The lowest BCUT2D eigenvalue weighted by atomic mass is 10.2. The van der Waals surface area contributed by atoms with Gasteiger partial charge in [0.1, 0.15) is 11.5 Å². The van der Waals surface area contributed by atoms with Crippen molar-refractivity contribution >= 4 is 33.4 Å². The summed E-state index contributed by atoms with van der Waals surface area (Å²) < 4.78 is 38.0. The van der Waals surface area contributed by atoms with E-state index >= 15 is 0 Å². The molecule has 0 spiro atoms. The van der Waals surface area contributed by atoms with Crippen molar-refractivity contribution in [3.63, 3.8) is 0 Å². The van der Waals surface area contributed by atoms with Crippen LogP contribution in [0.2, 0.25) is 0 Å². The van der Waals surface area contributed by atoms with Crippen LogP contribution in [0, 0.1) is 0 Å². The average Bonchev–Trinajstić information content (AvgIpc) is 2.40. The smallest absolute Gasteiger partial charge is 0.433 e. The van der Waals surface area contributed by atoms with Gasteiger partial charge < -0.3 is 10.4 Å². The number of hydrogen-bond acceptors (Lipinski definition) is 3. The van der Waals surface area contributed by atoms with E-state index in [2.05, 4.69) is 26.2 Å². The number of pyridine rings is 1. The number of aromatic nitrogens is 1. The summed E-state index contributed by atoms with van der Waals surface area (Å²) in [5.74, 6) is -1.17. The minimum absolute atomic E-state index is 0.00743. The molecule has 0 aliphatic heterocycles. The molecule has 0 fully saturated rings. The van der Waals surface area contributed by atoms with Gasteiger partial charge >= 0.3 is 12.1 Å². The normalized spacial score (nSPS) is 11.2. The summed E-state index contributed by atoms with van der Waals surface area (Å²) in [7, 11) is 0. The molecule has 4 nitrogen and oxygen atoms in total. The van der Waals surface area contributed by atoms with Gasteiger partial charge in [-0.3, -0.25) is 0 Å². The van der Waals surface area contributed by atoms with Crippen molar-refractivity contribution in [1.29, 1.82) is 0 Å². The van der Waals surface area contributed by atoms with Crippen LogP contribution < -0.4 is 5.32 Å². The number of nitrogens with one attached hydrogen (secondary N) is 1. The number of anilines is 2. The van der Waals surface area contributed by atoms with Crippen LogP contribution >= 0.6 is 15.9 Å². The number of aromatic carboxylic acids is 1. The first kappa shape index (κ1) is 15.3. The molecule has 0 radical (unpaired) electrons. The summed E-state index contributed by atoms with van der Waals surface area (Å²) in [5.41, 5.74) is -0.711. The zero-order valence-corrected chi connectivity index (χ0v) is 11.9. The SMILES string of the molecule is O=C(O)c1cc(Nc2cccc(C(F)(F)F)n2)ccc1Br. The summed E-state index contributed by atoms with van der Waals surface area (Å²) in [6.45, 7) is 0. The molecule has 2 aromatic rings. The molecule has 8 heteroatoms. The molecule has 0 aliphatic carbocycles. The van der Waals surface area contributed by atoms with E-state index in [1.54, 1.807) is 0 Å². The number of carboxylic acid groups (broad SMARTS) is 1. The monoisotopic (exact) mass is 360 g/mol. The summed E-state index contributed by atoms with van der Waals surface area (Å²) in [6.07, 6.45) is -4.54. The van der Waals surface area contributed by atoms with Crippen LogP contribution in [-0.4, -0.2) is 16.1 Å². The largest absolute Gasteiger partial charge is 0.478 e. The van der Waals surface area contributed by atoms with Crippen LogP contribution in [0.1, 0.15) is 16.1 Å². The van der Waals surface area contributed by atoms with Crippen LogP contribution in [0.3, 0.4) is 0 Å². The molecule has 21 heavy (non-hydrogen) atoms. The summed E-state index contributed by atoms with van der Waals surface area (Å²) >= 11 is 3.08. The first-order chi connectivity index (χ1) is 9.77. The quantitative estimate of drug-likeness (QED) is 0.856. The third kappa shape index (κ3) is 3.72. The second-order valence-corrected chi connectivity index (χ2v) is 4.88. The van der Waals surface area contributed by atoms with Gasteiger partial charge in [0.05, 0.1) is 5.56 Å². The lowest BCUT2D eigenvalue weighted by Gasteiger charge is -2.10. The fourth-order valence-corrected chi connectivity index (χ4v) is 1.99. The fourth-order valence-electron chi connectivity index (χ4n) is 1.58. The van der Waals surface area contributed by atoms with E-state index in [4.69, 9.17) is 5.11 Å². The van der Waals surface area contributed by atoms with Crippen molar-refractivity contribution < 1.29 is 23.1 Å². The van der Waals surface area contributed by atoms with E-state index < -0.39 is 17.8 Å². The first-order valence-corrected chi connectivity index (χ1v) is 6.41. The van der Waals surface area contributed by atoms with Gasteiger partial charge in [-0.2, -0.15) is 13.2 Å². The molecule has 0 bridgehead atoms. The molecule has 2 rings (SSSR count). The van der Waals surface area contributed by atoms with Gasteiger partial charge in [0.25, 0.3) is 0 Å². The van der Waals surface area contributed by atoms with E-state index in [1.165, 1.54) is 30.3 Å². The number of carbonyl (C=O) groups is 1. The van der Waals surface area contributed by atoms with Crippen molar-refractivity contribution in [2.45, 2.75) is 6.18 Å². The highest BCUT2D eigenvalue weighted by molar-refractivity contribution is 9.10. The highest BCUT2D eigenvalue weighted by Gasteiger charge is 2.32. The molecule has 2 N–H and O–H groups in total. The Hall–Kier alpha value is -2.09. The summed E-state index contributed by atoms with van der Waals surface area (Å²) in [6, 6.07) is 7.74. The van der Waals surface area contributed by atoms with E-state index in [-0.39, 0.29) is 11.4 Å². The van der Waals surface area contributed by atoms with E-state index in [1.807, 2.05) is 0 Å². The Morgan fingerprint density at radius 2 is 1.95 bits per heavy atom. The molecular weight excluding hydrogens is 353 g/mol. The predicted molar refractivity (Wildman–Crippen MR) is 73.6 cm³/mol. The third-order valence-electron chi connectivity index (χ3n) is 2.51. The number of halogens is 4. The van der Waals surface area contributed by atoms with Crippen molar-refractivity contribution in [3.05, 3.63) is 52.1 Å². The number of benzene rings is 1. The summed E-state index contributed by atoms with van der Waals surface area (Å²) in [5, 5.41) is 11.6. The molecule has 1 aromatic carbocycles. The Morgan fingerprint density at radius 3 is 2.57 bits per heavy atom. The Balaban J connectivity index is 2.31. The van der Waals surface area contributed by atoms with Crippen molar-refractivity contribution in [1.82, 2.24) is 4.98 Å². The lowest BCUT2D eigenvalue weighted by Crippen LogP contribution is -2.09. The van der Waals surface area contributed by atoms with Gasteiger partial charge in [-0.05, 0) is 46.3 Å². The molecule has 0 amide bonds. The fraction of sp³-hybridized carbons (Fsp3) is 0.0769. The topological polar surface area (TPSA) is 62.2 Å². The number of nitrogens with zero attached hydrogens (tertiary/aromatic N) is 1. The molecule has 0 saturated heterocycles. The molecular formula is C13H8BrF3N2O2. The molecule has 0 aliphatic rings. The predicted octanol–water partition coefficient (Wildman–Crippen LogP) is 4.30. The standard InChI is InChI=1S/C13H8BrF3N2O2/c14-9-5-4-7(6-8(9)12(20)21)18-11-3-1-2-10(19-11)13(15,16)17/h1-6H,(H,18,19)(H,20,21). The molecule has 0 atom stereocenters. The van der Waals surface area contributed by atoms with E-state index in [0.717, 1.165) is 6.07 Å². The van der Waals surface area contributed by atoms with Gasteiger partial charge in [-0.15, -0.1) is 0 Å². The maximum Gasteiger partial charge on any atom is 0.433 e. The average molecular weight is 361 g/mol. The number of rotatable bonds is 3. The highest BCUT2D eigenvalue weighted by atomic mass is 79.9. The second kappa shape index (κ2) is 5.72. The van der Waals surface area contributed by atoms with Gasteiger partial charge in [0.2, 0.25) is 0 Å². The third-order valence-corrected chi connectivity index (χ3v) is 3.20. The van der Waals surface area contributed by atoms with Crippen LogP contribution in [0.4, 0.5) is 24.7 Å². The van der Waals surface area contributed by atoms with Gasteiger partial charge in [0.15, 0.2) is 0 Å². The molecule has 0 unspecified atom stereocenters. The molecule has 0 saturated carbocycles. The second-order valence-electron chi connectivity index (χ2n) is 4.03. The van der Waals surface area contributed by atoms with Crippen LogP contribution in [-0.2, 0) is 6.18 Å². The van der Waals surface area contributed by atoms with Crippen molar-refractivity contribution in [2.24, 2.45) is 0 Å². The van der Waals surface area contributed by atoms with Crippen LogP contribution in [0.25, 0.3) is 0 Å². The Labute approximate surface area is 125 Å². The number of hydrogen-bond donors (Lipinski definition) is 2. The van der Waals surface area contributed by atoms with Crippen LogP contribution in [0.15, 0.2) is 40.9 Å². The van der Waals surface area contributed by atoms with Gasteiger partial charge in [-0.25, -0.2) is 9.78 Å². The Bertz CT molecular complexity index is 689. The zero-order valence-electron chi connectivity index (χ0n) is 10.3. The lowest BCUT2D eigenvalue weighted by molar-refractivity contribution is -0.141. The number of carboxylic acids is 1. The Morgan fingerprint density at radius 1 is 1.24 bits per heavy atom. The van der Waals surface area contributed by atoms with Crippen molar-refractivity contribution in [2.75, 3.05) is 5.32 Å². The first-order valence-electron chi connectivity index (χ1n) is 5.61. The molecule has 110 valence electrons. The minimum Gasteiger partial charge on any atom is -0.478 e. The van der Waals surface area contributed by atoms with Crippen molar-refractivity contribution in [3.8, 4) is 0 Å². The zero-order chi connectivity index (χ0) is 15.6. The van der Waals surface area contributed by atoms with E-state index in [0.29, 0.717) is 10.2 Å². The maximum atomic E-state index is 12.6. The molecule has 1 aromatic heterocycles. The number of alkyl halides is 3. The van der Waals surface area contributed by atoms with Gasteiger partial charge in [0, 0.05) is 10.2 Å².